The minimum Gasteiger partial charge on any atom is -0.463 e. The van der Waals surface area contributed by atoms with Crippen LogP contribution in [0.1, 0.15) is 355 Å². The average molecular weight is 1540 g/mol. The summed E-state index contributed by atoms with van der Waals surface area (Å²) in [5, 5.41) is 20.7. The number of phosphoric ester groups is 2. The van der Waals surface area contributed by atoms with E-state index in [4.69, 9.17) is 32.3 Å². The number of unbranched alkanes of at least 4 members (excludes halogenated alkanes) is 35. The second-order valence-corrected chi connectivity index (χ2v) is 31.1. The van der Waals surface area contributed by atoms with Gasteiger partial charge in [0.25, 0.3) is 0 Å². The number of aliphatic hydroxyl groups excluding tert-OH is 2. The first-order valence-corrected chi connectivity index (χ1v) is 45.5. The van der Waals surface area contributed by atoms with Crippen LogP contribution in [-0.4, -0.2) is 95.9 Å². The summed E-state index contributed by atoms with van der Waals surface area (Å²) in [6.45, 7) is 2.46. The molecule has 616 valence electrons. The standard InChI is InChI=1S/C89H154O16P2/c1-4-7-10-13-16-19-22-25-27-29-31-33-35-37-39-40-41-42-44-46-47-49-51-53-55-58-60-63-66-69-72-75-87(92)99-78-84(90)79-101-106(95,96)102-80-85(91)81-103-107(97,98)104-83-86(105-89(94)77-74-71-68-65-62-57-24-21-18-15-12-9-6-3)82-100-88(93)76-73-70-67-64-61-59-56-54-52-50-48-45-43-38-36-34-32-30-28-26-23-20-17-14-11-8-5-2/h7-8,10-11,16-17,19-21,24-28,31-34,37-39,43,84-86,90-91H,4-6,9,12-15,18,22-23,29-30,35-36,40-42,44-83H2,1-3H3,(H,95,96)(H,97,98)/b10-7-,11-8-,19-16-,20-17-,24-21-,27-25-,28-26-,33-31-,34-32-,39-37-,43-38-. The topological polar surface area (TPSA) is 231 Å². The summed E-state index contributed by atoms with van der Waals surface area (Å²) in [5.41, 5.74) is 0. The van der Waals surface area contributed by atoms with Crippen LogP contribution >= 0.6 is 15.6 Å². The molecule has 0 aromatic rings. The van der Waals surface area contributed by atoms with Crippen LogP contribution in [0.4, 0.5) is 0 Å². The van der Waals surface area contributed by atoms with E-state index >= 15 is 0 Å². The third-order valence-corrected chi connectivity index (χ3v) is 19.7. The zero-order chi connectivity index (χ0) is 78.0. The van der Waals surface area contributed by atoms with Gasteiger partial charge in [-0.1, -0.05) is 334 Å². The fourth-order valence-electron chi connectivity index (χ4n) is 11.4. The van der Waals surface area contributed by atoms with Gasteiger partial charge in [-0.2, -0.15) is 0 Å². The Kier molecular flexibility index (Phi) is 77.9. The summed E-state index contributed by atoms with van der Waals surface area (Å²) in [6, 6.07) is 0. The van der Waals surface area contributed by atoms with Gasteiger partial charge in [0, 0.05) is 19.3 Å². The molecule has 0 aromatic heterocycles. The molecule has 0 aromatic carbocycles. The molecule has 0 fully saturated rings. The zero-order valence-electron chi connectivity index (χ0n) is 67.5. The molecule has 0 aliphatic carbocycles. The number of phosphoric acid groups is 2. The largest absolute Gasteiger partial charge is 0.472 e. The van der Waals surface area contributed by atoms with Crippen molar-refractivity contribution in [1.29, 1.82) is 0 Å². The zero-order valence-corrected chi connectivity index (χ0v) is 69.3. The van der Waals surface area contributed by atoms with Gasteiger partial charge in [0.2, 0.25) is 0 Å². The summed E-state index contributed by atoms with van der Waals surface area (Å²) in [7, 11) is -9.79. The first kappa shape index (κ1) is 103. The highest BCUT2D eigenvalue weighted by atomic mass is 31.2. The SMILES string of the molecule is CC/C=C\C/C=C\C/C=C\C/C=C\C/C=C\CCCCCCCCCCCCCCCCCC(=O)OCC(O)COP(=O)(O)OCC(O)COP(=O)(O)OCC(COC(=O)CCCCCCCCCCCCC/C=C\C/C=C\C/C=C\C/C=C\C/C=C\CC)OC(=O)CCCCCCC/C=C\CCCCCC. The van der Waals surface area contributed by atoms with E-state index in [1.165, 1.54) is 141 Å². The highest BCUT2D eigenvalue weighted by Gasteiger charge is 2.29. The Morgan fingerprint density at radius 1 is 0.271 bits per heavy atom. The first-order chi connectivity index (χ1) is 52.2. The smallest absolute Gasteiger partial charge is 0.463 e. The van der Waals surface area contributed by atoms with Crippen molar-refractivity contribution in [3.05, 3.63) is 134 Å². The van der Waals surface area contributed by atoms with Gasteiger partial charge in [0.1, 0.15) is 25.4 Å². The van der Waals surface area contributed by atoms with Gasteiger partial charge in [-0.3, -0.25) is 32.5 Å². The molecule has 0 aliphatic rings. The Morgan fingerprint density at radius 2 is 0.495 bits per heavy atom. The lowest BCUT2D eigenvalue weighted by atomic mass is 10.0. The van der Waals surface area contributed by atoms with E-state index in [0.29, 0.717) is 19.3 Å². The average Bonchev–Trinajstić information content (AvgIpc) is 1.06. The van der Waals surface area contributed by atoms with Gasteiger partial charge in [0.05, 0.1) is 26.4 Å². The van der Waals surface area contributed by atoms with Crippen LogP contribution < -0.4 is 0 Å². The van der Waals surface area contributed by atoms with E-state index in [1.807, 2.05) is 0 Å². The second kappa shape index (κ2) is 81.2. The molecule has 0 rings (SSSR count). The third kappa shape index (κ3) is 82.5. The van der Waals surface area contributed by atoms with Crippen molar-refractivity contribution < 1.29 is 75.8 Å². The fourth-order valence-corrected chi connectivity index (χ4v) is 13.0. The van der Waals surface area contributed by atoms with Crippen molar-refractivity contribution in [3.63, 3.8) is 0 Å². The molecule has 0 spiro atoms. The second-order valence-electron chi connectivity index (χ2n) is 28.2. The predicted octanol–water partition coefficient (Wildman–Crippen LogP) is 25.4. The number of hydrogen-bond donors (Lipinski definition) is 4. The van der Waals surface area contributed by atoms with E-state index in [2.05, 4.69) is 154 Å². The molecule has 16 nitrogen and oxygen atoms in total. The molecule has 4 N–H and O–H groups in total. The van der Waals surface area contributed by atoms with Gasteiger partial charge >= 0.3 is 33.6 Å². The Balaban J connectivity index is 4.45. The minimum absolute atomic E-state index is 0.0932. The normalized spacial score (nSPS) is 14.6. The molecule has 0 heterocycles. The van der Waals surface area contributed by atoms with Crippen molar-refractivity contribution in [2.75, 3.05) is 39.6 Å². The van der Waals surface area contributed by atoms with Gasteiger partial charge in [-0.15, -0.1) is 0 Å². The van der Waals surface area contributed by atoms with Crippen LogP contribution in [0.3, 0.4) is 0 Å². The summed E-state index contributed by atoms with van der Waals surface area (Å²) in [6.07, 6.45) is 99.4. The Bertz CT molecular complexity index is 2480. The number of aliphatic hydroxyl groups is 2. The molecule has 5 unspecified atom stereocenters. The lowest BCUT2D eigenvalue weighted by molar-refractivity contribution is -0.161. The molecule has 0 amide bonds. The molecule has 0 aliphatic heterocycles. The minimum atomic E-state index is -4.93. The number of carbonyl (C=O) groups is 3. The molecule has 0 bridgehead atoms. The first-order valence-electron chi connectivity index (χ1n) is 42.5. The molecule has 18 heteroatoms. The van der Waals surface area contributed by atoms with Crippen LogP contribution in [0.5, 0.6) is 0 Å². The number of hydrogen-bond acceptors (Lipinski definition) is 14. The summed E-state index contributed by atoms with van der Waals surface area (Å²) in [4.78, 5) is 58.7. The van der Waals surface area contributed by atoms with Gasteiger partial charge in [-0.25, -0.2) is 9.13 Å². The fraction of sp³-hybridized carbons (Fsp3) is 0.719. The van der Waals surface area contributed by atoms with Crippen LogP contribution in [0.2, 0.25) is 0 Å². The van der Waals surface area contributed by atoms with Gasteiger partial charge < -0.3 is 34.2 Å². The summed E-state index contributed by atoms with van der Waals surface area (Å²) >= 11 is 0. The maximum Gasteiger partial charge on any atom is 0.472 e. The van der Waals surface area contributed by atoms with E-state index in [1.54, 1.807) is 0 Å². The number of allylic oxidation sites excluding steroid dienone is 22. The highest BCUT2D eigenvalue weighted by molar-refractivity contribution is 7.47. The van der Waals surface area contributed by atoms with Crippen LogP contribution in [0.25, 0.3) is 0 Å². The van der Waals surface area contributed by atoms with Crippen LogP contribution in [0, 0.1) is 0 Å². The molecular weight excluding hydrogens is 1390 g/mol. The lowest BCUT2D eigenvalue weighted by Gasteiger charge is -2.21. The predicted molar refractivity (Wildman–Crippen MR) is 445 cm³/mol. The Labute approximate surface area is 652 Å². The maximum atomic E-state index is 13.0. The molecule has 0 saturated heterocycles. The van der Waals surface area contributed by atoms with E-state index in [-0.39, 0.29) is 19.3 Å². The molecular formula is C89H154O16P2. The molecule has 0 saturated carbocycles. The monoisotopic (exact) mass is 1540 g/mol. The van der Waals surface area contributed by atoms with Crippen molar-refractivity contribution in [3.8, 4) is 0 Å². The van der Waals surface area contributed by atoms with E-state index in [9.17, 15) is 43.5 Å². The van der Waals surface area contributed by atoms with Gasteiger partial charge in [0.15, 0.2) is 6.10 Å². The quantitative estimate of drug-likeness (QED) is 0.0146. The molecule has 107 heavy (non-hydrogen) atoms. The van der Waals surface area contributed by atoms with Crippen molar-refractivity contribution >= 4 is 33.6 Å². The van der Waals surface area contributed by atoms with Gasteiger partial charge in [-0.05, 0) is 135 Å². The maximum absolute atomic E-state index is 13.0. The highest BCUT2D eigenvalue weighted by Crippen LogP contribution is 2.45. The molecule has 5 atom stereocenters. The van der Waals surface area contributed by atoms with Crippen molar-refractivity contribution in [1.82, 2.24) is 0 Å². The molecule has 0 radical (unpaired) electrons. The van der Waals surface area contributed by atoms with Crippen LogP contribution in [-0.2, 0) is 55.8 Å². The van der Waals surface area contributed by atoms with Crippen LogP contribution in [0.15, 0.2) is 134 Å². The lowest BCUT2D eigenvalue weighted by Crippen LogP contribution is -2.30. The number of carbonyl (C=O) groups excluding carboxylic acids is 3. The van der Waals surface area contributed by atoms with Crippen molar-refractivity contribution in [2.45, 2.75) is 373 Å². The number of rotatable bonds is 80. The Hall–Kier alpha value is -4.31. The summed E-state index contributed by atoms with van der Waals surface area (Å²) in [5.74, 6) is -1.58. The number of ether oxygens (including phenoxy) is 3. The van der Waals surface area contributed by atoms with E-state index in [0.717, 1.165) is 154 Å². The summed E-state index contributed by atoms with van der Waals surface area (Å²) < 4.78 is 61.2. The third-order valence-electron chi connectivity index (χ3n) is 17.8. The van der Waals surface area contributed by atoms with Crippen molar-refractivity contribution in [2.24, 2.45) is 0 Å². The number of esters is 3. The van der Waals surface area contributed by atoms with E-state index < -0.39 is 91.5 Å². The Morgan fingerprint density at radius 3 is 0.794 bits per heavy atom.